The maximum Gasteiger partial charge on any atom is 0.306 e. The van der Waals surface area contributed by atoms with Gasteiger partial charge in [0.2, 0.25) is 0 Å². The smallest absolute Gasteiger partial charge is 0.306 e. The molecule has 0 rings (SSSR count). The lowest BCUT2D eigenvalue weighted by molar-refractivity contribution is -0.142. The van der Waals surface area contributed by atoms with Gasteiger partial charge in [0.05, 0.1) is 12.0 Å². The third-order valence-corrected chi connectivity index (χ3v) is 1.79. The Hall–Kier alpha value is -0.570. The maximum atomic E-state index is 10.3. The number of aliphatic hydroxyl groups is 1. The molecule has 3 heteroatoms. The van der Waals surface area contributed by atoms with E-state index in [1.165, 1.54) is 0 Å². The van der Waals surface area contributed by atoms with E-state index in [0.717, 1.165) is 0 Å². The predicted molar refractivity (Wildman–Crippen MR) is 42.3 cm³/mol. The average molecular weight is 160 g/mol. The van der Waals surface area contributed by atoms with Gasteiger partial charge in [0.25, 0.3) is 0 Å². The van der Waals surface area contributed by atoms with Gasteiger partial charge in [-0.2, -0.15) is 0 Å². The predicted octanol–water partition coefficient (Wildman–Crippen LogP) is 1.11. The molecule has 0 bridgehead atoms. The molecule has 0 aromatic rings. The second-order valence-electron chi connectivity index (χ2n) is 3.29. The van der Waals surface area contributed by atoms with Gasteiger partial charge in [-0.25, -0.2) is 0 Å². The summed E-state index contributed by atoms with van der Waals surface area (Å²) >= 11 is 0. The number of aliphatic hydroxyl groups excluding tert-OH is 1. The molecule has 0 aliphatic heterocycles. The van der Waals surface area contributed by atoms with Crippen LogP contribution in [0.25, 0.3) is 0 Å². The minimum absolute atomic E-state index is 0.136. The first-order valence-electron chi connectivity index (χ1n) is 3.86. The topological polar surface area (TPSA) is 57.5 Å². The first kappa shape index (κ1) is 10.4. The number of hydrogen-bond donors (Lipinski definition) is 2. The largest absolute Gasteiger partial charge is 0.481 e. The fourth-order valence-electron chi connectivity index (χ4n) is 0.735. The summed E-state index contributed by atoms with van der Waals surface area (Å²) in [6, 6.07) is 0. The number of carboxylic acids is 1. The Morgan fingerprint density at radius 3 is 2.09 bits per heavy atom. The van der Waals surface area contributed by atoms with Crippen LogP contribution >= 0.6 is 0 Å². The van der Waals surface area contributed by atoms with E-state index in [1.54, 1.807) is 6.92 Å². The van der Waals surface area contributed by atoms with Crippen LogP contribution in [0, 0.1) is 11.8 Å². The summed E-state index contributed by atoms with van der Waals surface area (Å²) in [5.74, 6) is -1.16. The Labute approximate surface area is 67.0 Å². The van der Waals surface area contributed by atoms with Crippen molar-refractivity contribution < 1.29 is 15.0 Å². The van der Waals surface area contributed by atoms with Gasteiger partial charge in [-0.15, -0.1) is 0 Å². The quantitative estimate of drug-likeness (QED) is 0.647. The SMILES string of the molecule is CC(CC(O)C(C)C)C(=O)O. The van der Waals surface area contributed by atoms with Gasteiger partial charge in [0.15, 0.2) is 0 Å². The van der Waals surface area contributed by atoms with Crippen LogP contribution in [0.1, 0.15) is 27.2 Å². The van der Waals surface area contributed by atoms with Crippen LogP contribution in [-0.2, 0) is 4.79 Å². The molecule has 66 valence electrons. The zero-order valence-corrected chi connectivity index (χ0v) is 7.24. The van der Waals surface area contributed by atoms with Crippen molar-refractivity contribution in [2.24, 2.45) is 11.8 Å². The molecule has 11 heavy (non-hydrogen) atoms. The molecular weight excluding hydrogens is 144 g/mol. The summed E-state index contributed by atoms with van der Waals surface area (Å²) in [5, 5.41) is 17.8. The molecule has 2 unspecified atom stereocenters. The van der Waals surface area contributed by atoms with E-state index >= 15 is 0 Å². The lowest BCUT2D eigenvalue weighted by atomic mass is 9.96. The van der Waals surface area contributed by atoms with Crippen molar-refractivity contribution in [3.63, 3.8) is 0 Å². The lowest BCUT2D eigenvalue weighted by Crippen LogP contribution is -2.22. The molecule has 0 aromatic carbocycles. The normalized spacial score (nSPS) is 16.5. The van der Waals surface area contributed by atoms with Crippen molar-refractivity contribution in [1.82, 2.24) is 0 Å². The molecule has 3 nitrogen and oxygen atoms in total. The highest BCUT2D eigenvalue weighted by molar-refractivity contribution is 5.69. The Morgan fingerprint density at radius 1 is 1.36 bits per heavy atom. The Morgan fingerprint density at radius 2 is 1.82 bits per heavy atom. The summed E-state index contributed by atoms with van der Waals surface area (Å²) in [6.45, 7) is 5.35. The molecule has 0 amide bonds. The molecule has 0 aliphatic rings. The van der Waals surface area contributed by atoms with Crippen LogP contribution < -0.4 is 0 Å². The van der Waals surface area contributed by atoms with Gasteiger partial charge in [0.1, 0.15) is 0 Å². The molecule has 0 heterocycles. The highest BCUT2D eigenvalue weighted by Crippen LogP contribution is 2.12. The van der Waals surface area contributed by atoms with Crippen molar-refractivity contribution in [2.75, 3.05) is 0 Å². The Balaban J connectivity index is 3.75. The molecule has 0 saturated carbocycles. The third kappa shape index (κ3) is 3.98. The zero-order valence-electron chi connectivity index (χ0n) is 7.24. The van der Waals surface area contributed by atoms with Crippen molar-refractivity contribution >= 4 is 5.97 Å². The van der Waals surface area contributed by atoms with E-state index in [-0.39, 0.29) is 5.92 Å². The number of rotatable bonds is 4. The van der Waals surface area contributed by atoms with Crippen LogP contribution in [0.2, 0.25) is 0 Å². The van der Waals surface area contributed by atoms with E-state index in [2.05, 4.69) is 0 Å². The van der Waals surface area contributed by atoms with Gasteiger partial charge >= 0.3 is 5.97 Å². The second-order valence-corrected chi connectivity index (χ2v) is 3.29. The number of aliphatic carboxylic acids is 1. The summed E-state index contributed by atoms with van der Waals surface area (Å²) in [4.78, 5) is 10.3. The van der Waals surface area contributed by atoms with E-state index in [1.807, 2.05) is 13.8 Å². The molecule has 2 N–H and O–H groups in total. The maximum absolute atomic E-state index is 10.3. The van der Waals surface area contributed by atoms with Crippen LogP contribution in [0.3, 0.4) is 0 Å². The summed E-state index contributed by atoms with van der Waals surface area (Å²) < 4.78 is 0. The van der Waals surface area contributed by atoms with Gasteiger partial charge in [-0.05, 0) is 12.3 Å². The number of carbonyl (C=O) groups is 1. The summed E-state index contributed by atoms with van der Waals surface area (Å²) in [7, 11) is 0. The van der Waals surface area contributed by atoms with Crippen LogP contribution in [0.15, 0.2) is 0 Å². The molecule has 0 spiro atoms. The molecule has 2 atom stereocenters. The highest BCUT2D eigenvalue weighted by atomic mass is 16.4. The molecule has 0 aromatic heterocycles. The van der Waals surface area contributed by atoms with Crippen molar-refractivity contribution in [3.8, 4) is 0 Å². The van der Waals surface area contributed by atoms with E-state index in [9.17, 15) is 9.90 Å². The first-order valence-corrected chi connectivity index (χ1v) is 3.86. The van der Waals surface area contributed by atoms with E-state index in [4.69, 9.17) is 5.11 Å². The fourth-order valence-corrected chi connectivity index (χ4v) is 0.735. The van der Waals surface area contributed by atoms with E-state index in [0.29, 0.717) is 6.42 Å². The lowest BCUT2D eigenvalue weighted by Gasteiger charge is -2.16. The standard InChI is InChI=1S/C8H16O3/c1-5(2)7(9)4-6(3)8(10)11/h5-7,9H,4H2,1-3H3,(H,10,11). The van der Waals surface area contributed by atoms with E-state index < -0.39 is 18.0 Å². The summed E-state index contributed by atoms with van der Waals surface area (Å²) in [6.07, 6.45) is -0.159. The van der Waals surface area contributed by atoms with Crippen molar-refractivity contribution in [2.45, 2.75) is 33.3 Å². The van der Waals surface area contributed by atoms with Crippen molar-refractivity contribution in [1.29, 1.82) is 0 Å². The van der Waals surface area contributed by atoms with Gasteiger partial charge < -0.3 is 10.2 Å². The number of carboxylic acid groups (broad SMARTS) is 1. The summed E-state index contributed by atoms with van der Waals surface area (Å²) in [5.41, 5.74) is 0. The molecular formula is C8H16O3. The van der Waals surface area contributed by atoms with Crippen LogP contribution in [-0.4, -0.2) is 22.3 Å². The highest BCUT2D eigenvalue weighted by Gasteiger charge is 2.18. The molecule has 0 fully saturated rings. The number of hydrogen-bond acceptors (Lipinski definition) is 2. The van der Waals surface area contributed by atoms with Gasteiger partial charge in [-0.3, -0.25) is 4.79 Å². The average Bonchev–Trinajstić information content (AvgIpc) is 1.87. The fraction of sp³-hybridized carbons (Fsp3) is 0.875. The minimum atomic E-state index is -0.843. The Bertz CT molecular complexity index is 131. The third-order valence-electron chi connectivity index (χ3n) is 1.79. The van der Waals surface area contributed by atoms with Gasteiger partial charge in [-0.1, -0.05) is 20.8 Å². The van der Waals surface area contributed by atoms with Crippen LogP contribution in [0.5, 0.6) is 0 Å². The molecule has 0 aliphatic carbocycles. The van der Waals surface area contributed by atoms with Crippen LogP contribution in [0.4, 0.5) is 0 Å². The molecule has 0 radical (unpaired) electrons. The molecule has 0 saturated heterocycles. The van der Waals surface area contributed by atoms with Crippen molar-refractivity contribution in [3.05, 3.63) is 0 Å². The van der Waals surface area contributed by atoms with Gasteiger partial charge in [0, 0.05) is 0 Å². The minimum Gasteiger partial charge on any atom is -0.481 e. The monoisotopic (exact) mass is 160 g/mol. The zero-order chi connectivity index (χ0) is 9.02. The first-order chi connectivity index (χ1) is 4.95. The Kier molecular flexibility index (Phi) is 4.11. The second kappa shape index (κ2) is 4.34.